The molecule has 3 aliphatic rings. The Labute approximate surface area is 225 Å². The molecule has 1 atom stereocenters. The van der Waals surface area contributed by atoms with Crippen molar-refractivity contribution in [2.24, 2.45) is 0 Å². The average molecular weight is 549 g/mol. The van der Waals surface area contributed by atoms with Gasteiger partial charge in [0.2, 0.25) is 5.78 Å². The number of aliphatic hydroxyl groups is 1. The summed E-state index contributed by atoms with van der Waals surface area (Å²) in [7, 11) is 0. The summed E-state index contributed by atoms with van der Waals surface area (Å²) < 4.78 is 33.9. The normalized spacial score (nSPS) is 22.3. The van der Waals surface area contributed by atoms with Crippen molar-refractivity contribution in [3.63, 3.8) is 0 Å². The monoisotopic (exact) mass is 548 g/mol. The Bertz CT molecular complexity index is 1650. The number of hydrogen-bond donors (Lipinski definition) is 2. The third kappa shape index (κ3) is 3.77. The van der Waals surface area contributed by atoms with E-state index in [9.17, 15) is 28.3 Å². The number of para-hydroxylation sites is 1. The Morgan fingerprint density at radius 3 is 2.51 bits per heavy atom. The summed E-state index contributed by atoms with van der Waals surface area (Å²) in [5.41, 5.74) is -3.48. The van der Waals surface area contributed by atoms with Crippen LogP contribution in [0, 0.1) is 11.6 Å². The average Bonchev–Trinajstić information content (AvgIpc) is 3.19. The highest BCUT2D eigenvalue weighted by molar-refractivity contribution is 6.31. The molecule has 39 heavy (non-hydrogen) atoms. The Balaban J connectivity index is 1.68. The molecule has 0 aromatic heterocycles. The number of Topliss-reactive ketones (excluding diaryl/α,β-unsaturated/α-hetero) is 2. The van der Waals surface area contributed by atoms with Crippen molar-refractivity contribution in [3.8, 4) is 5.75 Å². The molecule has 2 N–H and O–H groups in total. The molecule has 0 saturated carbocycles. The number of carbonyl (C=O) groups excluding carboxylic acids is 3. The fraction of sp³-hybridized carbons (Fsp3) is 0.138. The molecule has 7 nitrogen and oxygen atoms in total. The van der Waals surface area contributed by atoms with Crippen LogP contribution in [0.4, 0.5) is 8.78 Å². The molecule has 196 valence electrons. The van der Waals surface area contributed by atoms with Crippen LogP contribution < -0.4 is 10.1 Å². The van der Waals surface area contributed by atoms with E-state index in [1.54, 1.807) is 12.1 Å². The Kier molecular flexibility index (Phi) is 5.85. The van der Waals surface area contributed by atoms with E-state index in [2.05, 4.69) is 5.32 Å². The topological polar surface area (TPSA) is 95.9 Å². The van der Waals surface area contributed by atoms with Gasteiger partial charge in [-0.3, -0.25) is 9.59 Å². The minimum Gasteiger partial charge on any atom is -0.422 e. The second-order valence-corrected chi connectivity index (χ2v) is 9.69. The molecular weight excluding hydrogens is 530 g/mol. The lowest BCUT2D eigenvalue weighted by molar-refractivity contribution is -0.130. The van der Waals surface area contributed by atoms with Gasteiger partial charge in [-0.25, -0.2) is 13.6 Å². The zero-order valence-electron chi connectivity index (χ0n) is 20.1. The van der Waals surface area contributed by atoms with Gasteiger partial charge in [-0.05, 0) is 55.0 Å². The van der Waals surface area contributed by atoms with Gasteiger partial charge in [0.05, 0.1) is 11.1 Å². The first kappa shape index (κ1) is 25.0. The van der Waals surface area contributed by atoms with Crippen LogP contribution in [0.5, 0.6) is 5.75 Å². The predicted octanol–water partition coefficient (Wildman–Crippen LogP) is 4.27. The number of fused-ring (bicyclic) bond motifs is 2. The number of benzene rings is 3. The molecule has 1 saturated heterocycles. The van der Waals surface area contributed by atoms with Crippen molar-refractivity contribution in [1.29, 1.82) is 0 Å². The molecule has 1 fully saturated rings. The van der Waals surface area contributed by atoms with Gasteiger partial charge in [-0.2, -0.15) is 0 Å². The highest BCUT2D eigenvalue weighted by Crippen LogP contribution is 2.51. The summed E-state index contributed by atoms with van der Waals surface area (Å²) in [5.74, 6) is -4.72. The van der Waals surface area contributed by atoms with Gasteiger partial charge in [0.1, 0.15) is 17.1 Å². The van der Waals surface area contributed by atoms with Crippen LogP contribution in [-0.2, 0) is 10.5 Å². The molecule has 6 rings (SSSR count). The van der Waals surface area contributed by atoms with Crippen LogP contribution in [0.1, 0.15) is 32.7 Å². The number of esters is 1. The number of nitrogens with zero attached hydrogens (tertiary/aromatic N) is 1. The van der Waals surface area contributed by atoms with Gasteiger partial charge >= 0.3 is 5.97 Å². The lowest BCUT2D eigenvalue weighted by atomic mass is 9.82. The van der Waals surface area contributed by atoms with Gasteiger partial charge in [0, 0.05) is 34.8 Å². The third-order valence-corrected chi connectivity index (χ3v) is 7.27. The molecule has 3 aromatic carbocycles. The van der Waals surface area contributed by atoms with Crippen molar-refractivity contribution >= 4 is 29.1 Å². The fourth-order valence-corrected chi connectivity index (χ4v) is 5.37. The SMILES string of the molecule is O=C1Oc2ccccc2C(=O)C1=C1C(C(=O)c2ccc(Cl)cc2)=C2NCCCN2C1(O)c1ccc(F)c(F)c1. The maximum atomic E-state index is 14.5. The largest absolute Gasteiger partial charge is 0.422 e. The molecule has 3 aromatic rings. The van der Waals surface area contributed by atoms with Crippen molar-refractivity contribution < 1.29 is 33.0 Å². The Morgan fingerprint density at radius 1 is 1.03 bits per heavy atom. The van der Waals surface area contributed by atoms with Crippen molar-refractivity contribution in [2.75, 3.05) is 13.1 Å². The number of carbonyl (C=O) groups is 3. The molecule has 0 radical (unpaired) electrons. The summed E-state index contributed by atoms with van der Waals surface area (Å²) in [5, 5.41) is 15.9. The van der Waals surface area contributed by atoms with E-state index in [0.29, 0.717) is 18.0 Å². The number of nitrogens with one attached hydrogen (secondary N) is 1. The summed E-state index contributed by atoms with van der Waals surface area (Å²) in [6, 6.07) is 14.8. The first-order valence-corrected chi connectivity index (χ1v) is 12.4. The van der Waals surface area contributed by atoms with Crippen molar-refractivity contribution in [3.05, 3.63) is 123 Å². The van der Waals surface area contributed by atoms with Crippen LogP contribution in [0.25, 0.3) is 0 Å². The maximum absolute atomic E-state index is 14.5. The summed E-state index contributed by atoms with van der Waals surface area (Å²) in [4.78, 5) is 42.7. The van der Waals surface area contributed by atoms with Gasteiger partial charge in [-0.15, -0.1) is 0 Å². The summed E-state index contributed by atoms with van der Waals surface area (Å²) in [6.45, 7) is 0.590. The Morgan fingerprint density at radius 2 is 1.77 bits per heavy atom. The zero-order chi connectivity index (χ0) is 27.5. The third-order valence-electron chi connectivity index (χ3n) is 7.02. The number of hydrogen-bond acceptors (Lipinski definition) is 7. The first-order chi connectivity index (χ1) is 18.7. The van der Waals surface area contributed by atoms with E-state index in [0.717, 1.165) is 18.2 Å². The van der Waals surface area contributed by atoms with Gasteiger partial charge in [0.15, 0.2) is 23.1 Å². The second kappa shape index (κ2) is 9.14. The number of ether oxygens (including phenoxy) is 1. The second-order valence-electron chi connectivity index (χ2n) is 9.26. The molecule has 0 bridgehead atoms. The number of halogens is 3. The van der Waals surface area contributed by atoms with Crippen LogP contribution >= 0.6 is 11.6 Å². The standard InChI is InChI=1S/C29H19ClF2N2O5/c30-17-9-6-15(7-10-17)25(35)22-24(23-26(36)18-4-1-2-5-21(18)39-28(23)37)29(38,34-13-3-12-33-27(22)34)16-8-11-19(31)20(32)14-16/h1-2,4-11,14,33,38H,3,12-13H2. The van der Waals surface area contributed by atoms with E-state index in [1.165, 1.54) is 41.3 Å². The van der Waals surface area contributed by atoms with E-state index >= 15 is 0 Å². The smallest absolute Gasteiger partial charge is 0.348 e. The predicted molar refractivity (Wildman–Crippen MR) is 136 cm³/mol. The number of ketones is 2. The van der Waals surface area contributed by atoms with E-state index < -0.39 is 40.5 Å². The molecule has 10 heteroatoms. The Hall–Kier alpha value is -4.34. The van der Waals surface area contributed by atoms with E-state index in [1.807, 2.05) is 0 Å². The fourth-order valence-electron chi connectivity index (χ4n) is 5.24. The van der Waals surface area contributed by atoms with E-state index in [4.69, 9.17) is 16.3 Å². The van der Waals surface area contributed by atoms with Gasteiger partial charge in [-0.1, -0.05) is 29.8 Å². The van der Waals surface area contributed by atoms with Crippen LogP contribution in [0.15, 0.2) is 89.3 Å². The van der Waals surface area contributed by atoms with Crippen molar-refractivity contribution in [2.45, 2.75) is 12.1 Å². The molecule has 0 aliphatic carbocycles. The molecule has 1 unspecified atom stereocenters. The molecule has 0 amide bonds. The summed E-state index contributed by atoms with van der Waals surface area (Å²) in [6.07, 6.45) is 0.502. The lowest BCUT2D eigenvalue weighted by Crippen LogP contribution is -2.50. The quantitative estimate of drug-likeness (QED) is 0.166. The maximum Gasteiger partial charge on any atom is 0.348 e. The molecule has 3 heterocycles. The summed E-state index contributed by atoms with van der Waals surface area (Å²) >= 11 is 6.01. The minimum absolute atomic E-state index is 0.0280. The van der Waals surface area contributed by atoms with Crippen LogP contribution in [0.3, 0.4) is 0 Å². The first-order valence-electron chi connectivity index (χ1n) is 12.1. The van der Waals surface area contributed by atoms with Crippen molar-refractivity contribution in [1.82, 2.24) is 10.2 Å². The van der Waals surface area contributed by atoms with Crippen LogP contribution in [-0.4, -0.2) is 40.6 Å². The number of rotatable bonds is 3. The minimum atomic E-state index is -2.40. The molecule has 3 aliphatic heterocycles. The highest BCUT2D eigenvalue weighted by atomic mass is 35.5. The lowest BCUT2D eigenvalue weighted by Gasteiger charge is -2.41. The molecular formula is C29H19ClF2N2O5. The molecule has 0 spiro atoms. The zero-order valence-corrected chi connectivity index (χ0v) is 20.9. The van der Waals surface area contributed by atoms with Gasteiger partial charge in [0.25, 0.3) is 0 Å². The van der Waals surface area contributed by atoms with Gasteiger partial charge < -0.3 is 20.1 Å². The van der Waals surface area contributed by atoms with E-state index in [-0.39, 0.29) is 46.0 Å². The van der Waals surface area contributed by atoms with Crippen LogP contribution in [0.2, 0.25) is 5.02 Å². The highest BCUT2D eigenvalue weighted by Gasteiger charge is 2.56.